The summed E-state index contributed by atoms with van der Waals surface area (Å²) < 4.78 is 0. The molecule has 0 aromatic carbocycles. The summed E-state index contributed by atoms with van der Waals surface area (Å²) in [6, 6.07) is 6.06. The van der Waals surface area contributed by atoms with Crippen molar-refractivity contribution >= 4 is 11.7 Å². The van der Waals surface area contributed by atoms with Crippen LogP contribution in [-0.4, -0.2) is 42.0 Å². The predicted octanol–water partition coefficient (Wildman–Crippen LogP) is 3.73. The van der Waals surface area contributed by atoms with Crippen LogP contribution in [-0.2, 0) is 4.79 Å². The molecule has 4 bridgehead atoms. The van der Waals surface area contributed by atoms with E-state index in [1.807, 2.05) is 18.3 Å². The number of carbonyl (C=O) groups is 1. The lowest BCUT2D eigenvalue weighted by Gasteiger charge is -2.65. The molecule has 1 amide bonds. The van der Waals surface area contributed by atoms with Gasteiger partial charge in [-0.3, -0.25) is 4.79 Å². The molecule has 140 valence electrons. The number of piperazine rings is 1. The first kappa shape index (κ1) is 16.6. The van der Waals surface area contributed by atoms with Gasteiger partial charge in [-0.2, -0.15) is 0 Å². The smallest absolute Gasteiger partial charge is 0.228 e. The largest absolute Gasteiger partial charge is 0.353 e. The summed E-state index contributed by atoms with van der Waals surface area (Å²) in [5.41, 5.74) is 0.745. The fourth-order valence-electron chi connectivity index (χ4n) is 7.70. The normalized spacial score (nSPS) is 41.5. The third-order valence-corrected chi connectivity index (χ3v) is 7.62. The van der Waals surface area contributed by atoms with Crippen LogP contribution < -0.4 is 4.90 Å². The molecule has 2 atom stereocenters. The van der Waals surface area contributed by atoms with Gasteiger partial charge in [-0.25, -0.2) is 4.98 Å². The Balaban J connectivity index is 1.32. The summed E-state index contributed by atoms with van der Waals surface area (Å²) in [5, 5.41) is 0. The maximum atomic E-state index is 13.7. The Bertz CT molecular complexity index is 691. The van der Waals surface area contributed by atoms with E-state index in [2.05, 4.69) is 34.7 Å². The molecule has 1 aromatic rings. The molecule has 5 fully saturated rings. The lowest BCUT2D eigenvalue weighted by atomic mass is 9.40. The van der Waals surface area contributed by atoms with Crippen molar-refractivity contribution in [3.8, 4) is 0 Å². The lowest BCUT2D eigenvalue weighted by Crippen LogP contribution is -2.62. The average molecular weight is 354 g/mol. The third-order valence-electron chi connectivity index (χ3n) is 7.62. The van der Waals surface area contributed by atoms with Crippen LogP contribution in [0.25, 0.3) is 0 Å². The Hall–Kier alpha value is -1.58. The minimum atomic E-state index is -0.0594. The van der Waals surface area contributed by atoms with E-state index in [1.165, 1.54) is 19.3 Å². The Labute approximate surface area is 157 Å². The van der Waals surface area contributed by atoms with E-state index >= 15 is 0 Å². The number of nitrogens with zero attached hydrogens (tertiary/aromatic N) is 3. The third kappa shape index (κ3) is 2.56. The van der Waals surface area contributed by atoms with Crippen molar-refractivity contribution in [2.45, 2.75) is 52.4 Å². The number of hydrogen-bond donors (Lipinski definition) is 0. The zero-order valence-corrected chi connectivity index (χ0v) is 16.2. The first-order chi connectivity index (χ1) is 12.4. The van der Waals surface area contributed by atoms with Crippen molar-refractivity contribution in [3.63, 3.8) is 0 Å². The van der Waals surface area contributed by atoms with Crippen molar-refractivity contribution in [1.82, 2.24) is 9.88 Å². The molecule has 1 aliphatic heterocycles. The molecule has 1 aromatic heterocycles. The van der Waals surface area contributed by atoms with Crippen molar-refractivity contribution in [2.24, 2.45) is 22.2 Å². The number of pyridine rings is 1. The molecule has 1 saturated heterocycles. The molecule has 26 heavy (non-hydrogen) atoms. The van der Waals surface area contributed by atoms with Crippen LogP contribution in [0.1, 0.15) is 52.4 Å². The van der Waals surface area contributed by atoms with Gasteiger partial charge in [-0.1, -0.05) is 19.9 Å². The Morgan fingerprint density at radius 1 is 1.00 bits per heavy atom. The monoisotopic (exact) mass is 353 g/mol. The van der Waals surface area contributed by atoms with Gasteiger partial charge < -0.3 is 9.80 Å². The quantitative estimate of drug-likeness (QED) is 0.813. The minimum Gasteiger partial charge on any atom is -0.353 e. The zero-order valence-electron chi connectivity index (χ0n) is 16.2. The SMILES string of the molecule is C[C@@]12CC3CC(C(=O)N4CCN(c5ccccn5)CC4)(C1)C[C@@](C)(C3)C2. The molecular weight excluding hydrogens is 322 g/mol. The van der Waals surface area contributed by atoms with Crippen LogP contribution in [0, 0.1) is 22.2 Å². The van der Waals surface area contributed by atoms with Crippen LogP contribution in [0.2, 0.25) is 0 Å². The first-order valence-corrected chi connectivity index (χ1v) is 10.3. The molecule has 6 rings (SSSR count). The molecule has 4 heteroatoms. The topological polar surface area (TPSA) is 36.4 Å². The number of carbonyl (C=O) groups excluding carboxylic acids is 1. The van der Waals surface area contributed by atoms with Crippen molar-refractivity contribution in [3.05, 3.63) is 24.4 Å². The number of hydrogen-bond acceptors (Lipinski definition) is 3. The summed E-state index contributed by atoms with van der Waals surface area (Å²) in [4.78, 5) is 22.6. The molecule has 2 heterocycles. The molecule has 0 spiro atoms. The number of rotatable bonds is 2. The first-order valence-electron chi connectivity index (χ1n) is 10.3. The molecule has 4 nitrogen and oxygen atoms in total. The minimum absolute atomic E-state index is 0.0594. The van der Waals surface area contributed by atoms with Gasteiger partial charge in [0.05, 0.1) is 5.41 Å². The standard InChI is InChI=1S/C22H31N3O/c1-20-11-17-12-21(2,14-20)16-22(13-17,15-20)19(26)25-9-7-24(8-10-25)18-5-3-4-6-23-18/h3-6,17H,7-16H2,1-2H3/t17?,20-,21-,22?/m0/s1. The lowest BCUT2D eigenvalue weighted by molar-refractivity contribution is -0.179. The summed E-state index contributed by atoms with van der Waals surface area (Å²) in [6.45, 7) is 8.39. The van der Waals surface area contributed by atoms with Gasteiger partial charge in [0.1, 0.15) is 5.82 Å². The summed E-state index contributed by atoms with van der Waals surface area (Å²) in [6.07, 6.45) is 9.30. The summed E-state index contributed by atoms with van der Waals surface area (Å²) >= 11 is 0. The highest BCUT2D eigenvalue weighted by Gasteiger charge is 2.63. The molecular formula is C22H31N3O. The number of amides is 1. The van der Waals surface area contributed by atoms with Gasteiger partial charge in [-0.15, -0.1) is 0 Å². The van der Waals surface area contributed by atoms with E-state index in [4.69, 9.17) is 0 Å². The van der Waals surface area contributed by atoms with Gasteiger partial charge in [0.2, 0.25) is 5.91 Å². The Kier molecular flexibility index (Phi) is 3.48. The van der Waals surface area contributed by atoms with E-state index in [0.29, 0.717) is 16.7 Å². The van der Waals surface area contributed by atoms with E-state index in [0.717, 1.165) is 57.2 Å². The molecule has 0 radical (unpaired) electrons. The van der Waals surface area contributed by atoms with Gasteiger partial charge in [-0.05, 0) is 67.4 Å². The van der Waals surface area contributed by atoms with E-state index < -0.39 is 0 Å². The Morgan fingerprint density at radius 3 is 2.27 bits per heavy atom. The molecule has 4 aliphatic carbocycles. The molecule has 4 saturated carbocycles. The summed E-state index contributed by atoms with van der Waals surface area (Å²) in [7, 11) is 0. The summed E-state index contributed by atoms with van der Waals surface area (Å²) in [5.74, 6) is 2.29. The van der Waals surface area contributed by atoms with Gasteiger partial charge in [0.15, 0.2) is 0 Å². The molecule has 0 unspecified atom stereocenters. The van der Waals surface area contributed by atoms with Gasteiger partial charge in [0, 0.05) is 32.4 Å². The van der Waals surface area contributed by atoms with Gasteiger partial charge in [0.25, 0.3) is 0 Å². The number of anilines is 1. The number of aromatic nitrogens is 1. The van der Waals surface area contributed by atoms with E-state index in [9.17, 15) is 4.79 Å². The Morgan fingerprint density at radius 2 is 1.69 bits per heavy atom. The second-order valence-corrected chi connectivity index (χ2v) is 10.4. The zero-order chi connectivity index (χ0) is 18.0. The van der Waals surface area contributed by atoms with Crippen LogP contribution in [0.3, 0.4) is 0 Å². The van der Waals surface area contributed by atoms with E-state index in [-0.39, 0.29) is 5.41 Å². The van der Waals surface area contributed by atoms with Gasteiger partial charge >= 0.3 is 0 Å². The average Bonchev–Trinajstić information content (AvgIpc) is 2.59. The van der Waals surface area contributed by atoms with Crippen LogP contribution in [0.4, 0.5) is 5.82 Å². The fraction of sp³-hybridized carbons (Fsp3) is 0.727. The van der Waals surface area contributed by atoms with E-state index in [1.54, 1.807) is 0 Å². The highest BCUT2D eigenvalue weighted by Crippen LogP contribution is 2.69. The van der Waals surface area contributed by atoms with Crippen molar-refractivity contribution < 1.29 is 4.79 Å². The predicted molar refractivity (Wildman–Crippen MR) is 103 cm³/mol. The maximum absolute atomic E-state index is 13.7. The second kappa shape index (κ2) is 5.46. The maximum Gasteiger partial charge on any atom is 0.228 e. The van der Waals surface area contributed by atoms with Crippen LogP contribution in [0.5, 0.6) is 0 Å². The van der Waals surface area contributed by atoms with Crippen LogP contribution in [0.15, 0.2) is 24.4 Å². The molecule has 0 N–H and O–H groups in total. The van der Waals surface area contributed by atoms with Crippen molar-refractivity contribution in [1.29, 1.82) is 0 Å². The second-order valence-electron chi connectivity index (χ2n) is 10.4. The van der Waals surface area contributed by atoms with Crippen molar-refractivity contribution in [2.75, 3.05) is 31.1 Å². The fourth-order valence-corrected chi connectivity index (χ4v) is 7.70. The molecule has 5 aliphatic rings. The van der Waals surface area contributed by atoms with Crippen LogP contribution >= 0.6 is 0 Å². The highest BCUT2D eigenvalue weighted by atomic mass is 16.2. The highest BCUT2D eigenvalue weighted by molar-refractivity contribution is 5.84.